The second-order valence-corrected chi connectivity index (χ2v) is 5.97. The van der Waals surface area contributed by atoms with E-state index in [0.29, 0.717) is 13.1 Å². The molecule has 1 aromatic carbocycles. The van der Waals surface area contributed by atoms with Gasteiger partial charge in [0.2, 0.25) is 0 Å². The van der Waals surface area contributed by atoms with E-state index in [9.17, 15) is 4.79 Å². The van der Waals surface area contributed by atoms with Gasteiger partial charge in [-0.1, -0.05) is 18.2 Å². The van der Waals surface area contributed by atoms with E-state index in [1.807, 2.05) is 55.6 Å². The van der Waals surface area contributed by atoms with Crippen LogP contribution in [0.15, 0.2) is 41.8 Å². The van der Waals surface area contributed by atoms with Crippen LogP contribution in [-0.4, -0.2) is 17.5 Å². The van der Waals surface area contributed by atoms with Crippen molar-refractivity contribution in [2.24, 2.45) is 5.73 Å². The lowest BCUT2D eigenvalue weighted by molar-refractivity contribution is 0.212. The van der Waals surface area contributed by atoms with Gasteiger partial charge in [0.05, 0.1) is 6.54 Å². The summed E-state index contributed by atoms with van der Waals surface area (Å²) in [5.74, 6) is 0. The molecule has 0 aliphatic rings. The van der Waals surface area contributed by atoms with Crippen molar-refractivity contribution < 1.29 is 4.79 Å². The molecule has 5 heteroatoms. The Bertz CT molecular complexity index is 564. The second-order valence-electron chi connectivity index (χ2n) is 4.93. The Morgan fingerprint density at radius 2 is 2.05 bits per heavy atom. The lowest BCUT2D eigenvalue weighted by Gasteiger charge is -2.21. The van der Waals surface area contributed by atoms with Crippen molar-refractivity contribution in [2.75, 3.05) is 11.9 Å². The van der Waals surface area contributed by atoms with Crippen LogP contribution in [0.3, 0.4) is 0 Å². The third-order valence-electron chi connectivity index (χ3n) is 3.28. The molecule has 0 radical (unpaired) electrons. The first-order chi connectivity index (χ1) is 10.1. The SMILES string of the molecule is CCN(Cc1cccs1)C(=O)Nc1ccc(C(C)N)cc1. The van der Waals surface area contributed by atoms with Crippen molar-refractivity contribution in [3.05, 3.63) is 52.2 Å². The van der Waals surface area contributed by atoms with Crippen LogP contribution in [0.1, 0.15) is 30.3 Å². The maximum Gasteiger partial charge on any atom is 0.322 e. The number of nitrogens with one attached hydrogen (secondary N) is 1. The summed E-state index contributed by atoms with van der Waals surface area (Å²) in [7, 11) is 0. The molecule has 0 aliphatic heterocycles. The number of nitrogens with zero attached hydrogens (tertiary/aromatic N) is 1. The van der Waals surface area contributed by atoms with Crippen LogP contribution in [0.4, 0.5) is 10.5 Å². The fourth-order valence-corrected chi connectivity index (χ4v) is 2.71. The Morgan fingerprint density at radius 1 is 1.33 bits per heavy atom. The Morgan fingerprint density at radius 3 is 2.57 bits per heavy atom. The van der Waals surface area contributed by atoms with Crippen LogP contribution in [0.25, 0.3) is 0 Å². The van der Waals surface area contributed by atoms with Crippen molar-refractivity contribution in [1.82, 2.24) is 4.90 Å². The quantitative estimate of drug-likeness (QED) is 0.882. The van der Waals surface area contributed by atoms with E-state index in [2.05, 4.69) is 5.32 Å². The van der Waals surface area contributed by atoms with Crippen LogP contribution in [0.5, 0.6) is 0 Å². The highest BCUT2D eigenvalue weighted by Crippen LogP contribution is 2.16. The van der Waals surface area contributed by atoms with Gasteiger partial charge in [-0.25, -0.2) is 4.79 Å². The molecule has 0 fully saturated rings. The molecule has 21 heavy (non-hydrogen) atoms. The number of hydrogen-bond donors (Lipinski definition) is 2. The molecule has 0 saturated carbocycles. The van der Waals surface area contributed by atoms with Crippen LogP contribution in [0, 0.1) is 0 Å². The molecule has 3 N–H and O–H groups in total. The minimum absolute atomic E-state index is 0.000667. The molecule has 4 nitrogen and oxygen atoms in total. The van der Waals surface area contributed by atoms with E-state index in [-0.39, 0.29) is 12.1 Å². The summed E-state index contributed by atoms with van der Waals surface area (Å²) < 4.78 is 0. The average Bonchev–Trinajstić information content (AvgIpc) is 2.98. The molecule has 0 aliphatic carbocycles. The van der Waals surface area contributed by atoms with Gasteiger partial charge in [0.1, 0.15) is 0 Å². The lowest BCUT2D eigenvalue weighted by atomic mass is 10.1. The third kappa shape index (κ3) is 4.31. The summed E-state index contributed by atoms with van der Waals surface area (Å²) in [4.78, 5) is 15.2. The number of nitrogens with two attached hydrogens (primary N) is 1. The van der Waals surface area contributed by atoms with Gasteiger partial charge in [-0.15, -0.1) is 11.3 Å². The van der Waals surface area contributed by atoms with E-state index >= 15 is 0 Å². The predicted octanol–water partition coefficient (Wildman–Crippen LogP) is 3.82. The first kappa shape index (κ1) is 15.5. The van der Waals surface area contributed by atoms with Crippen LogP contribution < -0.4 is 11.1 Å². The molecule has 1 heterocycles. The maximum absolute atomic E-state index is 12.3. The molecular weight excluding hydrogens is 282 g/mol. The number of rotatable bonds is 5. The van der Waals surface area contributed by atoms with E-state index in [0.717, 1.165) is 11.3 Å². The monoisotopic (exact) mass is 303 g/mol. The number of amides is 2. The van der Waals surface area contributed by atoms with Gasteiger partial charge in [0.25, 0.3) is 0 Å². The summed E-state index contributed by atoms with van der Waals surface area (Å²) in [6.45, 7) is 5.22. The molecule has 2 rings (SSSR count). The maximum atomic E-state index is 12.3. The summed E-state index contributed by atoms with van der Waals surface area (Å²) in [6.07, 6.45) is 0. The van der Waals surface area contributed by atoms with Gasteiger partial charge in [0, 0.05) is 23.2 Å². The molecule has 0 bridgehead atoms. The Hall–Kier alpha value is -1.85. The summed E-state index contributed by atoms with van der Waals surface area (Å²) in [6, 6.07) is 11.6. The molecular formula is C16H21N3OS. The Kier molecular flexibility index (Phi) is 5.36. The zero-order valence-corrected chi connectivity index (χ0v) is 13.2. The van der Waals surface area contributed by atoms with Crippen molar-refractivity contribution >= 4 is 23.1 Å². The molecule has 1 unspecified atom stereocenters. The number of urea groups is 1. The van der Waals surface area contributed by atoms with Gasteiger partial charge < -0.3 is 16.0 Å². The van der Waals surface area contributed by atoms with Crippen LogP contribution in [-0.2, 0) is 6.54 Å². The highest BCUT2D eigenvalue weighted by Gasteiger charge is 2.12. The van der Waals surface area contributed by atoms with Crippen molar-refractivity contribution in [1.29, 1.82) is 0 Å². The number of benzene rings is 1. The number of anilines is 1. The molecule has 1 aromatic heterocycles. The van der Waals surface area contributed by atoms with E-state index in [1.165, 1.54) is 4.88 Å². The fourth-order valence-electron chi connectivity index (χ4n) is 1.99. The van der Waals surface area contributed by atoms with Crippen molar-refractivity contribution in [2.45, 2.75) is 26.4 Å². The Balaban J connectivity index is 1.98. The predicted molar refractivity (Wildman–Crippen MR) is 88.5 cm³/mol. The minimum Gasteiger partial charge on any atom is -0.324 e. The standard InChI is InChI=1S/C16H21N3OS/c1-3-19(11-15-5-4-10-21-15)16(20)18-14-8-6-13(7-9-14)12(2)17/h4-10,12H,3,11,17H2,1-2H3,(H,18,20). The van der Waals surface area contributed by atoms with Gasteiger partial charge >= 0.3 is 6.03 Å². The number of hydrogen-bond acceptors (Lipinski definition) is 3. The van der Waals surface area contributed by atoms with Crippen molar-refractivity contribution in [3.8, 4) is 0 Å². The van der Waals surface area contributed by atoms with Crippen LogP contribution >= 0.6 is 11.3 Å². The van der Waals surface area contributed by atoms with Gasteiger partial charge in [0.15, 0.2) is 0 Å². The number of carbonyl (C=O) groups is 1. The molecule has 2 amide bonds. The first-order valence-electron chi connectivity index (χ1n) is 7.04. The molecule has 0 spiro atoms. The fraction of sp³-hybridized carbons (Fsp3) is 0.312. The van der Waals surface area contributed by atoms with Crippen LogP contribution in [0.2, 0.25) is 0 Å². The van der Waals surface area contributed by atoms with E-state index in [4.69, 9.17) is 5.73 Å². The number of carbonyl (C=O) groups excluding carboxylic acids is 1. The van der Waals surface area contributed by atoms with Crippen molar-refractivity contribution in [3.63, 3.8) is 0 Å². The highest BCUT2D eigenvalue weighted by molar-refractivity contribution is 7.09. The third-order valence-corrected chi connectivity index (χ3v) is 4.14. The largest absolute Gasteiger partial charge is 0.324 e. The first-order valence-corrected chi connectivity index (χ1v) is 7.92. The second kappa shape index (κ2) is 7.24. The van der Waals surface area contributed by atoms with Gasteiger partial charge in [-0.3, -0.25) is 0 Å². The molecule has 112 valence electrons. The minimum atomic E-state index is -0.0838. The zero-order valence-electron chi connectivity index (χ0n) is 12.4. The number of thiophene rings is 1. The van der Waals surface area contributed by atoms with Gasteiger partial charge in [-0.2, -0.15) is 0 Å². The smallest absolute Gasteiger partial charge is 0.322 e. The normalized spacial score (nSPS) is 12.0. The summed E-state index contributed by atoms with van der Waals surface area (Å²) in [5.41, 5.74) is 7.66. The average molecular weight is 303 g/mol. The Labute approximate surface area is 129 Å². The molecule has 2 aromatic rings. The molecule has 1 atom stereocenters. The van der Waals surface area contributed by atoms with E-state index in [1.54, 1.807) is 16.2 Å². The summed E-state index contributed by atoms with van der Waals surface area (Å²) >= 11 is 1.66. The topological polar surface area (TPSA) is 58.4 Å². The zero-order chi connectivity index (χ0) is 15.2. The summed E-state index contributed by atoms with van der Waals surface area (Å²) in [5, 5.41) is 4.94. The highest BCUT2D eigenvalue weighted by atomic mass is 32.1. The molecule has 0 saturated heterocycles. The van der Waals surface area contributed by atoms with E-state index < -0.39 is 0 Å². The van der Waals surface area contributed by atoms with Gasteiger partial charge in [-0.05, 0) is 43.0 Å². The lowest BCUT2D eigenvalue weighted by Crippen LogP contribution is -2.34.